The third-order valence-corrected chi connectivity index (χ3v) is 7.88. The molecule has 0 radical (unpaired) electrons. The van der Waals surface area contributed by atoms with E-state index < -0.39 is 48.1 Å². The zero-order chi connectivity index (χ0) is 29.6. The fourth-order valence-corrected chi connectivity index (χ4v) is 6.22. The van der Waals surface area contributed by atoms with Crippen LogP contribution in [0, 0.1) is 0 Å². The van der Waals surface area contributed by atoms with Crippen molar-refractivity contribution in [3.8, 4) is 0 Å². The van der Waals surface area contributed by atoms with Gasteiger partial charge in [-0.3, -0.25) is 9.69 Å². The maximum absolute atomic E-state index is 13.5. The summed E-state index contributed by atoms with van der Waals surface area (Å²) in [5, 5.41) is 0. The van der Waals surface area contributed by atoms with Crippen molar-refractivity contribution < 1.29 is 40.7 Å². The predicted octanol–water partition coefficient (Wildman–Crippen LogP) is 8.21. The van der Waals surface area contributed by atoms with Crippen molar-refractivity contribution in [2.24, 2.45) is 0 Å². The summed E-state index contributed by atoms with van der Waals surface area (Å²) in [6.07, 6.45) is -7.86. The number of anilines is 1. The van der Waals surface area contributed by atoms with Gasteiger partial charge in [0.15, 0.2) is 0 Å². The van der Waals surface area contributed by atoms with Crippen molar-refractivity contribution in [3.05, 3.63) is 62.1 Å². The van der Waals surface area contributed by atoms with E-state index in [0.717, 1.165) is 28.4 Å². The number of halogens is 7. The summed E-state index contributed by atoms with van der Waals surface area (Å²) in [7, 11) is 0. The monoisotopic (exact) mass is 634 g/mol. The smallest absolute Gasteiger partial charge is 0.416 e. The minimum absolute atomic E-state index is 0.0706. The number of nitrogens with zero attached hydrogens (tertiary/aromatic N) is 2. The number of alkyl halides is 6. The van der Waals surface area contributed by atoms with Gasteiger partial charge in [0.05, 0.1) is 29.0 Å². The lowest BCUT2D eigenvalue weighted by atomic mass is 9.94. The summed E-state index contributed by atoms with van der Waals surface area (Å²) in [5.74, 6) is -0.517. The van der Waals surface area contributed by atoms with E-state index >= 15 is 0 Å². The van der Waals surface area contributed by atoms with Gasteiger partial charge in [-0.25, -0.2) is 4.79 Å². The summed E-state index contributed by atoms with van der Waals surface area (Å²) in [5.41, 5.74) is -0.00298. The van der Waals surface area contributed by atoms with Crippen molar-refractivity contribution in [1.82, 2.24) is 4.90 Å². The molecule has 1 heterocycles. The van der Waals surface area contributed by atoms with E-state index in [0.29, 0.717) is 42.6 Å². The van der Waals surface area contributed by atoms with Crippen LogP contribution in [0.4, 0.5) is 36.8 Å². The Labute approximate surface area is 236 Å². The van der Waals surface area contributed by atoms with Crippen LogP contribution in [0.15, 0.2) is 28.7 Å². The molecule has 0 saturated heterocycles. The van der Waals surface area contributed by atoms with Crippen LogP contribution in [0.25, 0.3) is 0 Å². The van der Waals surface area contributed by atoms with E-state index in [1.165, 1.54) is 11.8 Å². The highest BCUT2D eigenvalue weighted by atomic mass is 79.9. The molecule has 40 heavy (non-hydrogen) atoms. The van der Waals surface area contributed by atoms with Crippen LogP contribution < -0.4 is 4.90 Å². The topological polar surface area (TPSA) is 49.9 Å². The summed E-state index contributed by atoms with van der Waals surface area (Å²) in [6.45, 7) is 4.50. The van der Waals surface area contributed by atoms with Gasteiger partial charge in [-0.1, -0.05) is 15.9 Å². The van der Waals surface area contributed by atoms with Gasteiger partial charge < -0.3 is 9.64 Å². The molecule has 1 atom stereocenters. The Balaban J connectivity index is 1.84. The first-order valence-electron chi connectivity index (χ1n) is 13.0. The zero-order valence-corrected chi connectivity index (χ0v) is 23.8. The molecule has 1 aliphatic heterocycles. The van der Waals surface area contributed by atoms with Gasteiger partial charge in [0.25, 0.3) is 0 Å². The van der Waals surface area contributed by atoms with E-state index in [9.17, 15) is 35.9 Å². The molecular formula is C28H29BrF6N2O3. The second kappa shape index (κ2) is 11.3. The Kier molecular flexibility index (Phi) is 8.50. The van der Waals surface area contributed by atoms with Gasteiger partial charge in [-0.05, 0) is 92.5 Å². The summed E-state index contributed by atoms with van der Waals surface area (Å²) >= 11 is 3.60. The number of hydrogen-bond acceptors (Lipinski definition) is 3. The van der Waals surface area contributed by atoms with E-state index in [-0.39, 0.29) is 24.3 Å². The number of amides is 2. The molecule has 4 rings (SSSR count). The molecule has 0 fully saturated rings. The van der Waals surface area contributed by atoms with Crippen LogP contribution in [-0.2, 0) is 41.3 Å². The van der Waals surface area contributed by atoms with Crippen molar-refractivity contribution in [2.75, 3.05) is 11.4 Å². The fourth-order valence-electron chi connectivity index (χ4n) is 5.54. The van der Waals surface area contributed by atoms with Gasteiger partial charge in [-0.15, -0.1) is 0 Å². The molecule has 0 bridgehead atoms. The second-order valence-corrected chi connectivity index (χ2v) is 11.3. The van der Waals surface area contributed by atoms with Gasteiger partial charge in [0.2, 0.25) is 5.91 Å². The van der Waals surface area contributed by atoms with Gasteiger partial charge in [-0.2, -0.15) is 26.3 Å². The quantitative estimate of drug-likeness (QED) is 0.319. The molecule has 2 aliphatic rings. The number of hydrogen-bond donors (Lipinski definition) is 0. The van der Waals surface area contributed by atoms with Crippen molar-refractivity contribution >= 4 is 33.6 Å². The minimum Gasteiger partial charge on any atom is -0.446 e. The van der Waals surface area contributed by atoms with Crippen LogP contribution in [0.3, 0.4) is 0 Å². The summed E-state index contributed by atoms with van der Waals surface area (Å²) in [4.78, 5) is 29.0. The molecule has 0 N–H and O–H groups in total. The Bertz CT molecular complexity index is 1280. The molecule has 2 amide bonds. The third kappa shape index (κ3) is 6.26. The van der Waals surface area contributed by atoms with E-state index in [1.54, 1.807) is 18.7 Å². The average Bonchev–Trinajstić information content (AvgIpc) is 3.25. The molecule has 0 spiro atoms. The van der Waals surface area contributed by atoms with Crippen molar-refractivity contribution in [3.63, 3.8) is 0 Å². The number of ether oxygens (including phenoxy) is 1. The molecule has 2 aromatic carbocycles. The molecule has 2 aromatic rings. The average molecular weight is 635 g/mol. The molecule has 1 aliphatic carbocycles. The zero-order valence-electron chi connectivity index (χ0n) is 22.2. The van der Waals surface area contributed by atoms with Crippen LogP contribution in [0.2, 0.25) is 0 Å². The first-order chi connectivity index (χ1) is 18.6. The third-order valence-electron chi connectivity index (χ3n) is 7.17. The number of carbonyl (C=O) groups excluding carboxylic acids is 2. The van der Waals surface area contributed by atoms with Gasteiger partial charge in [0, 0.05) is 24.5 Å². The first kappa shape index (κ1) is 30.2. The van der Waals surface area contributed by atoms with Crippen LogP contribution in [-0.4, -0.2) is 29.5 Å². The van der Waals surface area contributed by atoms with Crippen molar-refractivity contribution in [2.45, 2.75) is 83.9 Å². The highest BCUT2D eigenvalue weighted by Gasteiger charge is 2.39. The normalized spacial score (nSPS) is 17.4. The molecule has 5 nitrogen and oxygen atoms in total. The molecule has 218 valence electrons. The Hall–Kier alpha value is -2.76. The van der Waals surface area contributed by atoms with Crippen LogP contribution in [0.1, 0.15) is 79.5 Å². The molecule has 12 heteroatoms. The molecule has 1 unspecified atom stereocenters. The lowest BCUT2D eigenvalue weighted by Crippen LogP contribution is -2.35. The number of rotatable bonds is 4. The fraction of sp³-hybridized carbons (Fsp3) is 0.500. The van der Waals surface area contributed by atoms with Crippen LogP contribution >= 0.6 is 15.9 Å². The van der Waals surface area contributed by atoms with Crippen LogP contribution in [0.5, 0.6) is 0 Å². The Morgan fingerprint density at radius 1 is 1.00 bits per heavy atom. The van der Waals surface area contributed by atoms with E-state index in [1.807, 2.05) is 6.07 Å². The lowest BCUT2D eigenvalue weighted by molar-refractivity contribution is -0.143. The Morgan fingerprint density at radius 2 is 1.60 bits per heavy atom. The van der Waals surface area contributed by atoms with E-state index in [4.69, 9.17) is 4.74 Å². The highest BCUT2D eigenvalue weighted by molar-refractivity contribution is 9.10. The summed E-state index contributed by atoms with van der Waals surface area (Å²) < 4.78 is 87.4. The lowest BCUT2D eigenvalue weighted by Gasteiger charge is -2.34. The maximum Gasteiger partial charge on any atom is 0.416 e. The van der Waals surface area contributed by atoms with E-state index in [2.05, 4.69) is 15.9 Å². The predicted molar refractivity (Wildman–Crippen MR) is 140 cm³/mol. The van der Waals surface area contributed by atoms with Crippen molar-refractivity contribution in [1.29, 1.82) is 0 Å². The Morgan fingerprint density at radius 3 is 2.15 bits per heavy atom. The standard InChI is InChI=1S/C28H29BrF6N2O3/c1-15(2)40-26(39)36-9-5-8-24(22-13-23(29)20-6-4-7-21(20)25(22)36)37(16(3)38)14-17-10-18(27(30,31)32)12-19(11-17)28(33,34)35/h10-13,15,24H,4-9,14H2,1-3H3. The molecular weight excluding hydrogens is 606 g/mol. The van der Waals surface area contributed by atoms with Gasteiger partial charge >= 0.3 is 18.4 Å². The second-order valence-electron chi connectivity index (χ2n) is 10.4. The molecule has 0 saturated carbocycles. The first-order valence-corrected chi connectivity index (χ1v) is 13.7. The SMILES string of the molecule is CC(=O)N(Cc1cc(C(F)(F)F)cc(C(F)(F)F)c1)C1CCCN(C(=O)OC(C)C)c2c1cc(Br)c1c2CCC1. The number of carbonyl (C=O) groups is 2. The maximum atomic E-state index is 13.5. The largest absolute Gasteiger partial charge is 0.446 e. The molecule has 0 aromatic heterocycles. The minimum atomic E-state index is -5.01. The highest BCUT2D eigenvalue weighted by Crippen LogP contribution is 2.46. The number of benzene rings is 2. The summed E-state index contributed by atoms with van der Waals surface area (Å²) in [6, 6.07) is 2.48. The van der Waals surface area contributed by atoms with Gasteiger partial charge in [0.1, 0.15) is 0 Å². The number of fused-ring (bicyclic) bond motifs is 3.